The molecule has 0 radical (unpaired) electrons. The molecule has 0 atom stereocenters. The Balaban J connectivity index is 2.20. The number of hydrogen-bond acceptors (Lipinski definition) is 4. The van der Waals surface area contributed by atoms with Gasteiger partial charge in [-0.05, 0) is 0 Å². The minimum atomic E-state index is 0.425. The van der Waals surface area contributed by atoms with E-state index in [0.717, 1.165) is 23.0 Å². The number of fused-ring (bicyclic) bond motifs is 3. The van der Waals surface area contributed by atoms with Crippen LogP contribution in [-0.4, -0.2) is 54.7 Å². The molecule has 0 saturated carbocycles. The summed E-state index contributed by atoms with van der Waals surface area (Å²) in [7, 11) is 6.68. The van der Waals surface area contributed by atoms with Gasteiger partial charge in [0.15, 0.2) is 0 Å². The van der Waals surface area contributed by atoms with Crippen molar-refractivity contribution in [1.29, 1.82) is 0 Å². The third kappa shape index (κ3) is 2.57. The fourth-order valence-corrected chi connectivity index (χ4v) is 9.45. The summed E-state index contributed by atoms with van der Waals surface area (Å²) in [4.78, 5) is 0. The molecule has 3 rings (SSSR count). The van der Waals surface area contributed by atoms with Crippen LogP contribution in [0.5, 0.6) is 23.0 Å². The quantitative estimate of drug-likeness (QED) is 0.678. The van der Waals surface area contributed by atoms with E-state index in [0.29, 0.717) is 26.3 Å². The fourth-order valence-electron chi connectivity index (χ4n) is 2.37. The first-order chi connectivity index (χ1) is 10.7. The van der Waals surface area contributed by atoms with E-state index in [2.05, 4.69) is 24.3 Å². The van der Waals surface area contributed by atoms with E-state index < -0.39 is 0 Å². The predicted octanol–water partition coefficient (Wildman–Crippen LogP) is 0.976. The molecule has 0 saturated heterocycles. The van der Waals surface area contributed by atoms with E-state index in [-0.39, 0.29) is 0 Å². The Labute approximate surface area is 141 Å². The van der Waals surface area contributed by atoms with Gasteiger partial charge in [0.05, 0.1) is 0 Å². The van der Waals surface area contributed by atoms with E-state index in [9.17, 15) is 0 Å². The molecule has 0 aromatic heterocycles. The second-order valence-corrected chi connectivity index (χ2v) is 10.8. The van der Waals surface area contributed by atoms with Gasteiger partial charge in [0.25, 0.3) is 0 Å². The molecule has 2 aromatic carbocycles. The zero-order valence-electron chi connectivity index (χ0n) is 12.8. The van der Waals surface area contributed by atoms with E-state index in [4.69, 9.17) is 18.9 Å². The average Bonchev–Trinajstić information content (AvgIpc) is 2.58. The van der Waals surface area contributed by atoms with Gasteiger partial charge in [0.1, 0.15) is 0 Å². The third-order valence-electron chi connectivity index (χ3n) is 3.48. The standard InChI is InChI=1S/C16H16O4Se2/c1-17-11-5-9-10-6-12(18-2)14(20-4)8-16(10)22-21-15(9)7-13(11)19-3/h5-8H,1-4H3. The summed E-state index contributed by atoms with van der Waals surface area (Å²) in [6, 6.07) is 8.34. The fraction of sp³-hybridized carbons (Fsp3) is 0.250. The number of benzene rings is 2. The Kier molecular flexibility index (Phi) is 4.55. The summed E-state index contributed by atoms with van der Waals surface area (Å²) < 4.78 is 24.4. The molecular weight excluding hydrogens is 414 g/mol. The van der Waals surface area contributed by atoms with Crippen molar-refractivity contribution in [2.45, 2.75) is 0 Å². The summed E-state index contributed by atoms with van der Waals surface area (Å²) >= 11 is 0.850. The molecule has 1 heterocycles. The van der Waals surface area contributed by atoms with Crippen LogP contribution in [0.2, 0.25) is 0 Å². The van der Waals surface area contributed by atoms with E-state index in [1.807, 2.05) is 0 Å². The number of ether oxygens (including phenoxy) is 4. The molecule has 0 unspecified atom stereocenters. The SMILES string of the molecule is COc1cc2c(cc1OC)-c1cc(OC)c(OC)cc1[Se][Se]2. The molecule has 0 fully saturated rings. The third-order valence-corrected chi connectivity index (χ3v) is 10.7. The molecule has 0 amide bonds. The molecule has 0 spiro atoms. The van der Waals surface area contributed by atoms with Crippen LogP contribution in [0.25, 0.3) is 11.1 Å². The van der Waals surface area contributed by atoms with Crippen molar-refractivity contribution in [3.63, 3.8) is 0 Å². The predicted molar refractivity (Wildman–Crippen MR) is 88.9 cm³/mol. The van der Waals surface area contributed by atoms with Gasteiger partial charge in [-0.2, -0.15) is 0 Å². The molecule has 0 bridgehead atoms. The number of rotatable bonds is 4. The Morgan fingerprint density at radius 3 is 1.18 bits per heavy atom. The molecule has 1 aliphatic rings. The minimum absolute atomic E-state index is 0.425. The Bertz CT molecular complexity index is 654. The van der Waals surface area contributed by atoms with Crippen LogP contribution in [0.3, 0.4) is 0 Å². The first-order valence-electron chi connectivity index (χ1n) is 6.58. The summed E-state index contributed by atoms with van der Waals surface area (Å²) in [5.74, 6) is 3.10. The maximum absolute atomic E-state index is 5.45. The number of methoxy groups -OCH3 is 4. The molecular formula is C16H16O4Se2. The van der Waals surface area contributed by atoms with Crippen LogP contribution in [0.15, 0.2) is 24.3 Å². The van der Waals surface area contributed by atoms with Crippen molar-refractivity contribution in [2.75, 3.05) is 28.4 Å². The van der Waals surface area contributed by atoms with E-state index in [1.165, 1.54) is 20.1 Å². The van der Waals surface area contributed by atoms with Gasteiger partial charge < -0.3 is 0 Å². The van der Waals surface area contributed by atoms with Crippen LogP contribution < -0.4 is 27.9 Å². The van der Waals surface area contributed by atoms with Crippen molar-refractivity contribution in [3.05, 3.63) is 24.3 Å². The molecule has 2 aromatic rings. The maximum atomic E-state index is 5.45. The number of hydrogen-bond donors (Lipinski definition) is 0. The first kappa shape index (κ1) is 15.6. The van der Waals surface area contributed by atoms with Gasteiger partial charge in [-0.3, -0.25) is 0 Å². The van der Waals surface area contributed by atoms with Gasteiger partial charge >= 0.3 is 141 Å². The zero-order valence-corrected chi connectivity index (χ0v) is 16.2. The molecule has 22 heavy (non-hydrogen) atoms. The van der Waals surface area contributed by atoms with Crippen molar-refractivity contribution in [3.8, 4) is 34.1 Å². The van der Waals surface area contributed by atoms with Gasteiger partial charge in [-0.15, -0.1) is 0 Å². The summed E-state index contributed by atoms with van der Waals surface area (Å²) in [6.07, 6.45) is 0. The summed E-state index contributed by atoms with van der Waals surface area (Å²) in [6.45, 7) is 0. The van der Waals surface area contributed by atoms with E-state index >= 15 is 0 Å². The monoisotopic (exact) mass is 432 g/mol. The Morgan fingerprint density at radius 2 is 0.864 bits per heavy atom. The normalized spacial score (nSPS) is 12.2. The van der Waals surface area contributed by atoms with Crippen LogP contribution >= 0.6 is 0 Å². The van der Waals surface area contributed by atoms with Gasteiger partial charge in [-0.25, -0.2) is 0 Å². The molecule has 1 aliphatic heterocycles. The second-order valence-electron chi connectivity index (χ2n) is 4.57. The molecule has 6 heteroatoms. The van der Waals surface area contributed by atoms with Crippen molar-refractivity contribution in [2.24, 2.45) is 0 Å². The van der Waals surface area contributed by atoms with Crippen LogP contribution in [0, 0.1) is 0 Å². The van der Waals surface area contributed by atoms with Crippen LogP contribution in [-0.2, 0) is 0 Å². The van der Waals surface area contributed by atoms with Crippen LogP contribution in [0.1, 0.15) is 0 Å². The Morgan fingerprint density at radius 1 is 0.545 bits per heavy atom. The Hall–Kier alpha value is -1.32. The van der Waals surface area contributed by atoms with E-state index in [1.54, 1.807) is 28.4 Å². The topological polar surface area (TPSA) is 36.9 Å². The van der Waals surface area contributed by atoms with Crippen molar-refractivity contribution in [1.82, 2.24) is 0 Å². The van der Waals surface area contributed by atoms with Gasteiger partial charge in [0.2, 0.25) is 0 Å². The summed E-state index contributed by atoms with van der Waals surface area (Å²) in [5, 5.41) is 0. The molecule has 116 valence electrons. The van der Waals surface area contributed by atoms with Crippen molar-refractivity contribution >= 4 is 35.2 Å². The first-order valence-corrected chi connectivity index (χ1v) is 12.6. The van der Waals surface area contributed by atoms with Crippen molar-refractivity contribution < 1.29 is 18.9 Å². The summed E-state index contributed by atoms with van der Waals surface area (Å²) in [5.41, 5.74) is 2.42. The van der Waals surface area contributed by atoms with Crippen LogP contribution in [0.4, 0.5) is 0 Å². The average molecular weight is 430 g/mol. The molecule has 0 aliphatic carbocycles. The van der Waals surface area contributed by atoms with Gasteiger partial charge in [0, 0.05) is 0 Å². The van der Waals surface area contributed by atoms with Gasteiger partial charge in [-0.1, -0.05) is 0 Å². The molecule has 0 N–H and O–H groups in total. The molecule has 4 nitrogen and oxygen atoms in total. The zero-order chi connectivity index (χ0) is 15.7. The second kappa shape index (κ2) is 6.43.